The quantitative estimate of drug-likeness (QED) is 0.767. The highest BCUT2D eigenvalue weighted by Gasteiger charge is 2.04. The van der Waals surface area contributed by atoms with Crippen LogP contribution in [-0.2, 0) is 6.54 Å². The summed E-state index contributed by atoms with van der Waals surface area (Å²) in [5, 5.41) is 4.21. The predicted octanol–water partition coefficient (Wildman–Crippen LogP) is 1.91. The first-order valence-corrected chi connectivity index (χ1v) is 4.93. The van der Waals surface area contributed by atoms with E-state index < -0.39 is 0 Å². The van der Waals surface area contributed by atoms with Gasteiger partial charge in [0, 0.05) is 12.6 Å². The molecule has 2 aromatic heterocycles. The lowest BCUT2D eigenvalue weighted by atomic mass is 10.3. The standard InChI is InChI=1S/C11H12N2O2/c1-2-7-13-11(14)6-5-9(12-13)10-4-3-8-15-10/h3-6,8H,2,7H2,1H3. The summed E-state index contributed by atoms with van der Waals surface area (Å²) < 4.78 is 6.67. The third-order valence-electron chi connectivity index (χ3n) is 2.08. The zero-order chi connectivity index (χ0) is 10.7. The Kier molecular flexibility index (Phi) is 2.67. The van der Waals surface area contributed by atoms with Gasteiger partial charge in [-0.05, 0) is 24.6 Å². The fourth-order valence-electron chi connectivity index (χ4n) is 1.38. The van der Waals surface area contributed by atoms with Gasteiger partial charge >= 0.3 is 0 Å². The summed E-state index contributed by atoms with van der Waals surface area (Å²) in [7, 11) is 0. The second-order valence-electron chi connectivity index (χ2n) is 3.26. The zero-order valence-corrected chi connectivity index (χ0v) is 8.51. The van der Waals surface area contributed by atoms with E-state index in [1.54, 1.807) is 18.4 Å². The van der Waals surface area contributed by atoms with Crippen molar-refractivity contribution in [2.24, 2.45) is 0 Å². The molecule has 4 nitrogen and oxygen atoms in total. The zero-order valence-electron chi connectivity index (χ0n) is 8.51. The van der Waals surface area contributed by atoms with Crippen LogP contribution in [-0.4, -0.2) is 9.78 Å². The summed E-state index contributed by atoms with van der Waals surface area (Å²) in [5.74, 6) is 0.680. The number of aromatic nitrogens is 2. The van der Waals surface area contributed by atoms with Crippen molar-refractivity contribution < 1.29 is 4.42 Å². The molecule has 2 heterocycles. The summed E-state index contributed by atoms with van der Waals surface area (Å²) >= 11 is 0. The van der Waals surface area contributed by atoms with Crippen LogP contribution in [0.2, 0.25) is 0 Å². The molecule has 0 aromatic carbocycles. The first kappa shape index (κ1) is 9.71. The maximum absolute atomic E-state index is 11.4. The molecule has 0 atom stereocenters. The summed E-state index contributed by atoms with van der Waals surface area (Å²) in [6.45, 7) is 2.64. The largest absolute Gasteiger partial charge is 0.463 e. The number of hydrogen-bond acceptors (Lipinski definition) is 3. The Morgan fingerprint density at radius 1 is 1.40 bits per heavy atom. The van der Waals surface area contributed by atoms with Crippen LogP contribution < -0.4 is 5.56 Å². The molecule has 0 saturated heterocycles. The third kappa shape index (κ3) is 1.98. The van der Waals surface area contributed by atoms with Gasteiger partial charge < -0.3 is 4.42 Å². The molecule has 4 heteroatoms. The first-order valence-electron chi connectivity index (χ1n) is 4.93. The highest BCUT2D eigenvalue weighted by Crippen LogP contribution is 2.14. The lowest BCUT2D eigenvalue weighted by Gasteiger charge is -2.03. The summed E-state index contributed by atoms with van der Waals surface area (Å²) in [5.41, 5.74) is 0.611. The van der Waals surface area contributed by atoms with Crippen molar-refractivity contribution in [1.82, 2.24) is 9.78 Å². The van der Waals surface area contributed by atoms with Crippen molar-refractivity contribution in [3.63, 3.8) is 0 Å². The molecule has 2 rings (SSSR count). The number of rotatable bonds is 3. The van der Waals surface area contributed by atoms with Gasteiger partial charge in [-0.3, -0.25) is 4.79 Å². The van der Waals surface area contributed by atoms with E-state index in [9.17, 15) is 4.79 Å². The predicted molar refractivity (Wildman–Crippen MR) is 56.5 cm³/mol. The molecular weight excluding hydrogens is 192 g/mol. The Balaban J connectivity index is 2.43. The van der Waals surface area contributed by atoms with Crippen LogP contribution in [0.5, 0.6) is 0 Å². The molecule has 0 bridgehead atoms. The lowest BCUT2D eigenvalue weighted by Crippen LogP contribution is -2.21. The van der Waals surface area contributed by atoms with Crippen molar-refractivity contribution in [3.8, 4) is 11.5 Å². The molecule has 2 aromatic rings. The van der Waals surface area contributed by atoms with Crippen molar-refractivity contribution in [2.75, 3.05) is 0 Å². The molecule has 0 N–H and O–H groups in total. The molecule has 0 aliphatic heterocycles. The highest BCUT2D eigenvalue weighted by molar-refractivity contribution is 5.50. The van der Waals surface area contributed by atoms with Crippen molar-refractivity contribution in [3.05, 3.63) is 40.9 Å². The summed E-state index contributed by atoms with van der Waals surface area (Å²) in [6.07, 6.45) is 2.47. The lowest BCUT2D eigenvalue weighted by molar-refractivity contribution is 0.549. The number of aryl methyl sites for hydroxylation is 1. The number of nitrogens with zero attached hydrogens (tertiary/aromatic N) is 2. The van der Waals surface area contributed by atoms with Gasteiger partial charge in [0.25, 0.3) is 5.56 Å². The fraction of sp³-hybridized carbons (Fsp3) is 0.273. The number of furan rings is 1. The van der Waals surface area contributed by atoms with E-state index >= 15 is 0 Å². The average Bonchev–Trinajstić information content (AvgIpc) is 2.75. The van der Waals surface area contributed by atoms with Gasteiger partial charge in [0.1, 0.15) is 5.69 Å². The molecule has 0 aliphatic carbocycles. The Morgan fingerprint density at radius 3 is 2.93 bits per heavy atom. The Morgan fingerprint density at radius 2 is 2.27 bits per heavy atom. The van der Waals surface area contributed by atoms with Crippen LogP contribution in [0.1, 0.15) is 13.3 Å². The minimum Gasteiger partial charge on any atom is -0.463 e. The van der Waals surface area contributed by atoms with Gasteiger partial charge in [-0.15, -0.1) is 0 Å². The smallest absolute Gasteiger partial charge is 0.266 e. The van der Waals surface area contributed by atoms with Gasteiger partial charge in [0.2, 0.25) is 0 Å². The van der Waals surface area contributed by atoms with Crippen LogP contribution in [0.25, 0.3) is 11.5 Å². The second kappa shape index (κ2) is 4.13. The van der Waals surface area contributed by atoms with Crippen molar-refractivity contribution in [1.29, 1.82) is 0 Å². The van der Waals surface area contributed by atoms with Gasteiger partial charge in [0.05, 0.1) is 6.26 Å². The normalized spacial score (nSPS) is 10.5. The molecule has 0 aliphatic rings. The molecule has 78 valence electrons. The fourth-order valence-corrected chi connectivity index (χ4v) is 1.38. The molecule has 0 fully saturated rings. The van der Waals surface area contributed by atoms with Gasteiger partial charge in [-0.25, -0.2) is 4.68 Å². The maximum Gasteiger partial charge on any atom is 0.266 e. The number of hydrogen-bond donors (Lipinski definition) is 0. The van der Waals surface area contributed by atoms with Gasteiger partial charge in [0.15, 0.2) is 5.76 Å². The van der Waals surface area contributed by atoms with E-state index in [1.165, 1.54) is 10.7 Å². The molecule has 15 heavy (non-hydrogen) atoms. The van der Waals surface area contributed by atoms with Crippen molar-refractivity contribution >= 4 is 0 Å². The summed E-state index contributed by atoms with van der Waals surface area (Å²) in [4.78, 5) is 11.4. The maximum atomic E-state index is 11.4. The Hall–Kier alpha value is -1.84. The molecule has 0 unspecified atom stereocenters. The van der Waals surface area contributed by atoms with Crippen molar-refractivity contribution in [2.45, 2.75) is 19.9 Å². The van der Waals surface area contributed by atoms with E-state index in [0.29, 0.717) is 18.0 Å². The second-order valence-corrected chi connectivity index (χ2v) is 3.26. The first-order chi connectivity index (χ1) is 7.31. The monoisotopic (exact) mass is 204 g/mol. The molecule has 0 radical (unpaired) electrons. The minimum absolute atomic E-state index is 0.0767. The van der Waals surface area contributed by atoms with Crippen LogP contribution >= 0.6 is 0 Å². The Bertz CT molecular complexity index is 486. The van der Waals surface area contributed by atoms with Gasteiger partial charge in [-0.1, -0.05) is 6.92 Å². The van der Waals surface area contributed by atoms with E-state index in [4.69, 9.17) is 4.42 Å². The third-order valence-corrected chi connectivity index (χ3v) is 2.08. The van der Waals surface area contributed by atoms with E-state index in [1.807, 2.05) is 13.0 Å². The van der Waals surface area contributed by atoms with E-state index in [0.717, 1.165) is 6.42 Å². The average molecular weight is 204 g/mol. The molecular formula is C11H12N2O2. The summed E-state index contributed by atoms with van der Waals surface area (Å²) in [6, 6.07) is 6.81. The van der Waals surface area contributed by atoms with Crippen LogP contribution in [0.15, 0.2) is 39.7 Å². The molecule has 0 spiro atoms. The molecule has 0 amide bonds. The molecule has 0 saturated carbocycles. The topological polar surface area (TPSA) is 48.0 Å². The van der Waals surface area contributed by atoms with Gasteiger partial charge in [-0.2, -0.15) is 5.10 Å². The van der Waals surface area contributed by atoms with Crippen LogP contribution in [0.4, 0.5) is 0 Å². The van der Waals surface area contributed by atoms with E-state index in [2.05, 4.69) is 5.10 Å². The highest BCUT2D eigenvalue weighted by atomic mass is 16.3. The Labute approximate surface area is 87.2 Å². The van der Waals surface area contributed by atoms with Crippen LogP contribution in [0, 0.1) is 0 Å². The SMILES string of the molecule is CCCn1nc(-c2ccco2)ccc1=O. The van der Waals surface area contributed by atoms with E-state index in [-0.39, 0.29) is 5.56 Å². The van der Waals surface area contributed by atoms with Crippen LogP contribution in [0.3, 0.4) is 0 Å². The minimum atomic E-state index is -0.0767.